The van der Waals surface area contributed by atoms with E-state index in [2.05, 4.69) is 10.6 Å². The first-order valence-electron chi connectivity index (χ1n) is 11.0. The molecule has 35 heavy (non-hydrogen) atoms. The van der Waals surface area contributed by atoms with Gasteiger partial charge in [-0.15, -0.1) is 0 Å². The van der Waals surface area contributed by atoms with Crippen molar-refractivity contribution < 1.29 is 22.8 Å². The Labute approximate surface area is 205 Å². The van der Waals surface area contributed by atoms with Crippen molar-refractivity contribution in [1.29, 1.82) is 5.26 Å². The fourth-order valence-corrected chi connectivity index (χ4v) is 5.25. The SMILES string of the molecule is Cc1ccccc1NC(=O)CSC1=C(C#N)[C@@H](c2ccccc2C(F)(F)F)C2=C(CCCC2=O)N1. The van der Waals surface area contributed by atoms with Gasteiger partial charge in [-0.25, -0.2) is 0 Å². The zero-order valence-electron chi connectivity index (χ0n) is 18.8. The molecule has 9 heteroatoms. The monoisotopic (exact) mass is 497 g/mol. The summed E-state index contributed by atoms with van der Waals surface area (Å²) in [6.45, 7) is 1.86. The minimum atomic E-state index is -4.65. The van der Waals surface area contributed by atoms with Crippen LogP contribution in [0.2, 0.25) is 0 Å². The largest absolute Gasteiger partial charge is 0.416 e. The van der Waals surface area contributed by atoms with Gasteiger partial charge in [0, 0.05) is 23.4 Å². The van der Waals surface area contributed by atoms with Crippen LogP contribution in [-0.2, 0) is 15.8 Å². The molecule has 0 radical (unpaired) electrons. The van der Waals surface area contributed by atoms with E-state index in [0.29, 0.717) is 29.3 Å². The minimum absolute atomic E-state index is 0.00407. The smallest absolute Gasteiger partial charge is 0.352 e. The molecule has 1 aliphatic carbocycles. The maximum Gasteiger partial charge on any atom is 0.416 e. The number of Topliss-reactive ketones (excluding diaryl/α,β-unsaturated/α-hetero) is 1. The van der Waals surface area contributed by atoms with Gasteiger partial charge in [-0.3, -0.25) is 9.59 Å². The lowest BCUT2D eigenvalue weighted by Crippen LogP contribution is -2.32. The van der Waals surface area contributed by atoms with Gasteiger partial charge in [-0.2, -0.15) is 18.4 Å². The fraction of sp³-hybridized carbons (Fsp3) is 0.269. The van der Waals surface area contributed by atoms with E-state index in [4.69, 9.17) is 0 Å². The van der Waals surface area contributed by atoms with E-state index in [1.165, 1.54) is 18.2 Å². The number of ketones is 1. The second-order valence-electron chi connectivity index (χ2n) is 8.32. The molecule has 1 aliphatic heterocycles. The average Bonchev–Trinajstić information content (AvgIpc) is 2.83. The Balaban J connectivity index is 1.70. The van der Waals surface area contributed by atoms with Gasteiger partial charge in [0.2, 0.25) is 5.91 Å². The standard InChI is InChI=1S/C26H22F3N3O2S/c1-15-7-2-5-10-19(15)31-22(34)14-35-25-17(13-30)23(24-20(32-25)11-6-12-21(24)33)16-8-3-4-9-18(16)26(27,28)29/h2-5,7-10,23,32H,6,11-12,14H2,1H3,(H,31,34)/t23-/m1/s1. The van der Waals surface area contributed by atoms with Crippen LogP contribution in [0.15, 0.2) is 70.4 Å². The minimum Gasteiger partial charge on any atom is -0.352 e. The molecule has 1 heterocycles. The summed E-state index contributed by atoms with van der Waals surface area (Å²) < 4.78 is 41.6. The Morgan fingerprint density at radius 1 is 1.17 bits per heavy atom. The molecule has 1 atom stereocenters. The van der Waals surface area contributed by atoms with Gasteiger partial charge < -0.3 is 10.6 Å². The molecule has 5 nitrogen and oxygen atoms in total. The van der Waals surface area contributed by atoms with E-state index in [0.717, 1.165) is 23.4 Å². The van der Waals surface area contributed by atoms with E-state index in [-0.39, 0.29) is 40.6 Å². The predicted octanol–water partition coefficient (Wildman–Crippen LogP) is 5.81. The molecule has 2 N–H and O–H groups in total. The van der Waals surface area contributed by atoms with Crippen molar-refractivity contribution in [2.45, 2.75) is 38.3 Å². The Hall–Kier alpha value is -3.51. The third kappa shape index (κ3) is 5.13. The van der Waals surface area contributed by atoms with Gasteiger partial charge in [0.25, 0.3) is 0 Å². The number of anilines is 1. The normalized spacial score (nSPS) is 18.0. The zero-order chi connectivity index (χ0) is 25.2. The number of carbonyl (C=O) groups is 2. The van der Waals surface area contributed by atoms with Gasteiger partial charge in [0.05, 0.1) is 33.9 Å². The summed E-state index contributed by atoms with van der Waals surface area (Å²) in [5.74, 6) is -1.80. The van der Waals surface area contributed by atoms with Crippen molar-refractivity contribution in [1.82, 2.24) is 5.32 Å². The number of rotatable bonds is 5. The molecular formula is C26H22F3N3O2S. The lowest BCUT2D eigenvalue weighted by molar-refractivity contribution is -0.138. The molecule has 2 aromatic rings. The number of nitriles is 1. The molecule has 180 valence electrons. The van der Waals surface area contributed by atoms with Gasteiger partial charge in [0.15, 0.2) is 5.78 Å². The highest BCUT2D eigenvalue weighted by molar-refractivity contribution is 8.03. The molecule has 0 fully saturated rings. The second kappa shape index (κ2) is 10.0. The van der Waals surface area contributed by atoms with Gasteiger partial charge in [0.1, 0.15) is 0 Å². The predicted molar refractivity (Wildman–Crippen MR) is 128 cm³/mol. The van der Waals surface area contributed by atoms with E-state index < -0.39 is 17.7 Å². The highest BCUT2D eigenvalue weighted by Gasteiger charge is 2.42. The second-order valence-corrected chi connectivity index (χ2v) is 9.30. The molecule has 0 aromatic heterocycles. The summed E-state index contributed by atoms with van der Waals surface area (Å²) in [6.07, 6.45) is -3.40. The van der Waals surface area contributed by atoms with Crippen molar-refractivity contribution in [3.8, 4) is 6.07 Å². The van der Waals surface area contributed by atoms with Gasteiger partial charge in [-0.1, -0.05) is 48.2 Å². The Bertz CT molecular complexity index is 1290. The van der Waals surface area contributed by atoms with Gasteiger partial charge >= 0.3 is 6.18 Å². The number of aryl methyl sites for hydroxylation is 1. The summed E-state index contributed by atoms with van der Waals surface area (Å²) in [5.41, 5.74) is 1.25. The fourth-order valence-electron chi connectivity index (χ4n) is 4.39. The first-order chi connectivity index (χ1) is 16.7. The van der Waals surface area contributed by atoms with Crippen molar-refractivity contribution in [3.05, 3.63) is 87.1 Å². The van der Waals surface area contributed by atoms with E-state index in [1.807, 2.05) is 25.1 Å². The van der Waals surface area contributed by atoms with Crippen LogP contribution >= 0.6 is 11.8 Å². The third-order valence-electron chi connectivity index (χ3n) is 6.01. The summed E-state index contributed by atoms with van der Waals surface area (Å²) in [5, 5.41) is 16.2. The van der Waals surface area contributed by atoms with Crippen LogP contribution in [0.25, 0.3) is 0 Å². The lowest BCUT2D eigenvalue weighted by atomic mass is 9.75. The molecular weight excluding hydrogens is 475 g/mol. The number of para-hydroxylation sites is 1. The summed E-state index contributed by atoms with van der Waals surface area (Å²) in [6, 6.07) is 14.3. The lowest BCUT2D eigenvalue weighted by Gasteiger charge is -2.34. The van der Waals surface area contributed by atoms with Crippen LogP contribution < -0.4 is 10.6 Å². The van der Waals surface area contributed by atoms with Crippen LogP contribution in [0, 0.1) is 18.3 Å². The molecule has 2 aliphatic rings. The first kappa shape index (κ1) is 24.6. The summed E-state index contributed by atoms with van der Waals surface area (Å²) in [4.78, 5) is 25.5. The maximum absolute atomic E-state index is 13.9. The number of allylic oxidation sites excluding steroid dienone is 3. The zero-order valence-corrected chi connectivity index (χ0v) is 19.6. The number of carbonyl (C=O) groups excluding carboxylic acids is 2. The molecule has 0 bridgehead atoms. The number of alkyl halides is 3. The number of benzene rings is 2. The molecule has 0 spiro atoms. The van der Waals surface area contributed by atoms with Crippen LogP contribution in [-0.4, -0.2) is 17.4 Å². The number of dihydropyridines is 1. The van der Waals surface area contributed by atoms with E-state index in [1.54, 1.807) is 12.1 Å². The maximum atomic E-state index is 13.9. The van der Waals surface area contributed by atoms with Crippen LogP contribution in [0.1, 0.15) is 41.9 Å². The third-order valence-corrected chi connectivity index (χ3v) is 7.02. The molecule has 0 saturated heterocycles. The molecule has 0 saturated carbocycles. The quantitative estimate of drug-likeness (QED) is 0.545. The van der Waals surface area contributed by atoms with Crippen molar-refractivity contribution >= 4 is 29.1 Å². The first-order valence-corrected chi connectivity index (χ1v) is 12.0. The van der Waals surface area contributed by atoms with Crippen molar-refractivity contribution in [3.63, 3.8) is 0 Å². The average molecular weight is 498 g/mol. The Morgan fingerprint density at radius 2 is 1.89 bits per heavy atom. The molecule has 4 rings (SSSR count). The van der Waals surface area contributed by atoms with E-state index in [9.17, 15) is 28.0 Å². The summed E-state index contributed by atoms with van der Waals surface area (Å²) in [7, 11) is 0. The van der Waals surface area contributed by atoms with Crippen LogP contribution in [0.5, 0.6) is 0 Å². The van der Waals surface area contributed by atoms with Crippen LogP contribution in [0.4, 0.5) is 18.9 Å². The van der Waals surface area contributed by atoms with E-state index >= 15 is 0 Å². The topological polar surface area (TPSA) is 82.0 Å². The molecule has 2 aromatic carbocycles. The number of thioether (sulfide) groups is 1. The number of hydrogen-bond donors (Lipinski definition) is 2. The highest BCUT2D eigenvalue weighted by Crippen LogP contribution is 2.47. The highest BCUT2D eigenvalue weighted by atomic mass is 32.2. The number of nitrogens with one attached hydrogen (secondary N) is 2. The number of nitrogens with zero attached hydrogens (tertiary/aromatic N) is 1. The number of halogens is 3. The Morgan fingerprint density at radius 3 is 2.60 bits per heavy atom. The molecule has 1 amide bonds. The van der Waals surface area contributed by atoms with Crippen molar-refractivity contribution in [2.24, 2.45) is 0 Å². The molecule has 0 unspecified atom stereocenters. The number of amides is 1. The van der Waals surface area contributed by atoms with Gasteiger partial charge in [-0.05, 0) is 43.0 Å². The van der Waals surface area contributed by atoms with Crippen LogP contribution in [0.3, 0.4) is 0 Å². The number of hydrogen-bond acceptors (Lipinski definition) is 5. The summed E-state index contributed by atoms with van der Waals surface area (Å²) >= 11 is 1.04. The van der Waals surface area contributed by atoms with Crippen molar-refractivity contribution in [2.75, 3.05) is 11.1 Å². The Kier molecular flexibility index (Phi) is 7.03.